The molecule has 0 radical (unpaired) electrons. The number of alkyl halides is 3. The van der Waals surface area contributed by atoms with Crippen molar-refractivity contribution in [3.05, 3.63) is 76.4 Å². The molecule has 2 heterocycles. The van der Waals surface area contributed by atoms with E-state index >= 15 is 0 Å². The Morgan fingerprint density at radius 1 is 1.17 bits per heavy atom. The molecule has 3 aromatic rings. The number of hydrogen-bond acceptors (Lipinski definition) is 3. The number of amides is 1. The third kappa shape index (κ3) is 5.65. The van der Waals surface area contributed by atoms with Gasteiger partial charge < -0.3 is 18.9 Å². The van der Waals surface area contributed by atoms with E-state index < -0.39 is 18.0 Å². The van der Waals surface area contributed by atoms with Crippen LogP contribution in [0.2, 0.25) is 5.02 Å². The molecule has 1 aliphatic heterocycles. The molecule has 5 nitrogen and oxygen atoms in total. The maximum absolute atomic E-state index is 14.3. The molecular weight excluding hydrogens is 481 g/mol. The van der Waals surface area contributed by atoms with Gasteiger partial charge in [-0.2, -0.15) is 13.2 Å². The van der Waals surface area contributed by atoms with E-state index in [1.807, 2.05) is 0 Å². The molecule has 0 spiro atoms. The van der Waals surface area contributed by atoms with Crippen LogP contribution in [0.1, 0.15) is 23.2 Å². The number of hydrogen-bond donors (Lipinski definition) is 0. The number of halogens is 4. The molecule has 1 atom stereocenters. The van der Waals surface area contributed by atoms with Crippen LogP contribution >= 0.6 is 11.6 Å². The highest BCUT2D eigenvalue weighted by molar-refractivity contribution is 6.30. The highest BCUT2D eigenvalue weighted by Crippen LogP contribution is 2.45. The summed E-state index contributed by atoms with van der Waals surface area (Å²) >= 11 is 6.01. The fraction of sp³-hybridized carbons (Fsp3) is 0.346. The fourth-order valence-electron chi connectivity index (χ4n) is 4.41. The van der Waals surface area contributed by atoms with Gasteiger partial charge >= 0.3 is 12.3 Å². The molecule has 0 saturated carbocycles. The molecule has 35 heavy (non-hydrogen) atoms. The average molecular weight is 507 g/mol. The summed E-state index contributed by atoms with van der Waals surface area (Å²) in [6, 6.07) is 15.2. The van der Waals surface area contributed by atoms with Crippen molar-refractivity contribution in [3.63, 3.8) is 0 Å². The Morgan fingerprint density at radius 2 is 1.86 bits per heavy atom. The Bertz CT molecular complexity index is 1170. The first-order valence-electron chi connectivity index (χ1n) is 11.3. The molecule has 0 aliphatic carbocycles. The normalized spacial score (nSPS) is 15.9. The SMILES string of the molecule is Cc1c(-c2ccc(Cl)cc2)c(OC(=O)N(C)CC2CCOC2)n(Cc2ccccc2)c1C(F)(F)F. The van der Waals surface area contributed by atoms with E-state index in [0.29, 0.717) is 35.9 Å². The van der Waals surface area contributed by atoms with Crippen molar-refractivity contribution in [2.24, 2.45) is 5.92 Å². The smallest absolute Gasteiger partial charge is 0.392 e. The maximum Gasteiger partial charge on any atom is 0.431 e. The molecule has 1 aliphatic rings. The second kappa shape index (κ2) is 10.3. The molecule has 1 saturated heterocycles. The summed E-state index contributed by atoms with van der Waals surface area (Å²) in [7, 11) is 1.57. The monoisotopic (exact) mass is 506 g/mol. The van der Waals surface area contributed by atoms with Gasteiger partial charge in [0.15, 0.2) is 0 Å². The van der Waals surface area contributed by atoms with Gasteiger partial charge in [0.05, 0.1) is 13.2 Å². The van der Waals surface area contributed by atoms with Crippen LogP contribution in [-0.4, -0.2) is 42.4 Å². The summed E-state index contributed by atoms with van der Waals surface area (Å²) in [6.07, 6.45) is -4.58. The number of benzene rings is 2. The van der Waals surface area contributed by atoms with Crippen LogP contribution in [0.4, 0.5) is 18.0 Å². The lowest BCUT2D eigenvalue weighted by Crippen LogP contribution is -2.35. The van der Waals surface area contributed by atoms with Gasteiger partial charge in [-0.3, -0.25) is 0 Å². The minimum Gasteiger partial charge on any atom is -0.392 e. The van der Waals surface area contributed by atoms with Crippen LogP contribution in [0.5, 0.6) is 5.88 Å². The van der Waals surface area contributed by atoms with Crippen LogP contribution in [0.3, 0.4) is 0 Å². The van der Waals surface area contributed by atoms with Gasteiger partial charge in [0, 0.05) is 36.7 Å². The summed E-state index contributed by atoms with van der Waals surface area (Å²) in [5.41, 5.74) is 0.436. The molecule has 1 aromatic heterocycles. The first-order valence-corrected chi connectivity index (χ1v) is 11.6. The predicted molar refractivity (Wildman–Crippen MR) is 128 cm³/mol. The van der Waals surface area contributed by atoms with Gasteiger partial charge in [-0.1, -0.05) is 54.1 Å². The molecular formula is C26H26ClF3N2O3. The molecule has 1 amide bonds. The predicted octanol–water partition coefficient (Wildman–Crippen LogP) is 6.65. The second-order valence-electron chi connectivity index (χ2n) is 8.71. The van der Waals surface area contributed by atoms with Crippen LogP contribution in [0.15, 0.2) is 54.6 Å². The Hall–Kier alpha value is -2.97. The van der Waals surface area contributed by atoms with E-state index in [1.54, 1.807) is 61.6 Å². The Balaban J connectivity index is 1.81. The quantitative estimate of drug-likeness (QED) is 0.376. The van der Waals surface area contributed by atoms with Gasteiger partial charge in [0.1, 0.15) is 5.69 Å². The molecule has 0 bridgehead atoms. The first kappa shape index (κ1) is 25.1. The highest BCUT2D eigenvalue weighted by atomic mass is 35.5. The lowest BCUT2D eigenvalue weighted by atomic mass is 10.0. The van der Waals surface area contributed by atoms with Crippen molar-refractivity contribution >= 4 is 17.7 Å². The average Bonchev–Trinajstić information content (AvgIpc) is 3.41. The Morgan fingerprint density at radius 3 is 2.46 bits per heavy atom. The third-order valence-corrected chi connectivity index (χ3v) is 6.35. The first-order chi connectivity index (χ1) is 16.6. The van der Waals surface area contributed by atoms with Gasteiger partial charge in [-0.05, 0) is 42.2 Å². The lowest BCUT2D eigenvalue weighted by Gasteiger charge is -2.21. The standard InChI is InChI=1S/C26H26ClF3N2O3/c1-17-22(20-8-10-21(27)11-9-20)24(35-25(33)31(2)14-19-12-13-34-16-19)32(23(17)26(28,29)30)15-18-6-4-3-5-7-18/h3-11,19H,12-16H2,1-2H3. The molecule has 9 heteroatoms. The van der Waals surface area contributed by atoms with Crippen LogP contribution in [-0.2, 0) is 17.5 Å². The molecule has 1 unspecified atom stereocenters. The van der Waals surface area contributed by atoms with Crippen molar-refractivity contribution in [2.45, 2.75) is 26.1 Å². The van der Waals surface area contributed by atoms with Gasteiger partial charge in [-0.15, -0.1) is 0 Å². The van der Waals surface area contributed by atoms with E-state index in [4.69, 9.17) is 21.1 Å². The molecule has 4 rings (SSSR count). The minimum atomic E-state index is -4.67. The highest BCUT2D eigenvalue weighted by Gasteiger charge is 2.41. The van der Waals surface area contributed by atoms with Crippen LogP contribution in [0, 0.1) is 12.8 Å². The van der Waals surface area contributed by atoms with E-state index in [-0.39, 0.29) is 29.5 Å². The Kier molecular flexibility index (Phi) is 7.42. The molecule has 2 aromatic carbocycles. The topological polar surface area (TPSA) is 43.7 Å². The summed E-state index contributed by atoms with van der Waals surface area (Å²) < 4.78 is 55.2. The number of carbonyl (C=O) groups excluding carboxylic acids is 1. The number of aromatic nitrogens is 1. The van der Waals surface area contributed by atoms with E-state index in [0.717, 1.165) is 11.0 Å². The van der Waals surface area contributed by atoms with E-state index in [1.165, 1.54) is 11.8 Å². The fourth-order valence-corrected chi connectivity index (χ4v) is 4.54. The lowest BCUT2D eigenvalue weighted by molar-refractivity contribution is -0.144. The number of ether oxygens (including phenoxy) is 2. The summed E-state index contributed by atoms with van der Waals surface area (Å²) in [4.78, 5) is 14.4. The summed E-state index contributed by atoms with van der Waals surface area (Å²) in [5.74, 6) is 0.00684. The number of nitrogens with zero attached hydrogens (tertiary/aromatic N) is 2. The van der Waals surface area contributed by atoms with Crippen molar-refractivity contribution in [1.29, 1.82) is 0 Å². The third-order valence-electron chi connectivity index (χ3n) is 6.10. The maximum atomic E-state index is 14.3. The molecule has 0 N–H and O–H groups in total. The zero-order chi connectivity index (χ0) is 25.2. The number of carbonyl (C=O) groups is 1. The summed E-state index contributed by atoms with van der Waals surface area (Å²) in [5, 5.41) is 0.447. The van der Waals surface area contributed by atoms with Crippen LogP contribution in [0.25, 0.3) is 11.1 Å². The van der Waals surface area contributed by atoms with Gasteiger partial charge in [0.25, 0.3) is 0 Å². The zero-order valence-corrected chi connectivity index (χ0v) is 20.2. The Labute approximate surface area is 207 Å². The molecule has 1 fully saturated rings. The van der Waals surface area contributed by atoms with E-state index in [2.05, 4.69) is 0 Å². The second-order valence-corrected chi connectivity index (χ2v) is 9.14. The van der Waals surface area contributed by atoms with Crippen molar-refractivity contribution in [3.8, 4) is 17.0 Å². The van der Waals surface area contributed by atoms with Crippen molar-refractivity contribution < 1.29 is 27.4 Å². The van der Waals surface area contributed by atoms with Gasteiger partial charge in [-0.25, -0.2) is 4.79 Å². The minimum absolute atomic E-state index is 0.0228. The number of rotatable bonds is 6. The van der Waals surface area contributed by atoms with E-state index in [9.17, 15) is 18.0 Å². The molecule has 186 valence electrons. The van der Waals surface area contributed by atoms with Crippen LogP contribution < -0.4 is 4.74 Å². The largest absolute Gasteiger partial charge is 0.431 e. The van der Waals surface area contributed by atoms with Crippen molar-refractivity contribution in [2.75, 3.05) is 26.8 Å². The summed E-state index contributed by atoms with van der Waals surface area (Å²) in [6.45, 7) is 2.83. The van der Waals surface area contributed by atoms with Crippen molar-refractivity contribution in [1.82, 2.24) is 9.47 Å². The zero-order valence-electron chi connectivity index (χ0n) is 19.4. The van der Waals surface area contributed by atoms with Gasteiger partial charge in [0.2, 0.25) is 5.88 Å².